The lowest BCUT2D eigenvalue weighted by molar-refractivity contribution is 0.412. The standard InChI is InChI=1S/C18H14FN3O/c1-4-12-8-13(5-6-15(12)19)22-18-14-7-11(2)17(23-3)9-16(14)20-10-21-18/h1,5-10H,2-3H3,(H,20,21,22). The van der Waals surface area contributed by atoms with Crippen molar-refractivity contribution < 1.29 is 9.13 Å². The highest BCUT2D eigenvalue weighted by Gasteiger charge is 2.09. The molecular weight excluding hydrogens is 293 g/mol. The van der Waals surface area contributed by atoms with E-state index in [9.17, 15) is 4.39 Å². The number of nitrogens with zero attached hydrogens (tertiary/aromatic N) is 2. The fourth-order valence-electron chi connectivity index (χ4n) is 2.36. The molecule has 0 aliphatic carbocycles. The lowest BCUT2D eigenvalue weighted by Gasteiger charge is -2.11. The topological polar surface area (TPSA) is 47.0 Å². The van der Waals surface area contributed by atoms with Gasteiger partial charge < -0.3 is 10.1 Å². The quantitative estimate of drug-likeness (QED) is 0.747. The molecule has 0 amide bonds. The summed E-state index contributed by atoms with van der Waals surface area (Å²) in [5.74, 6) is 3.28. The summed E-state index contributed by atoms with van der Waals surface area (Å²) >= 11 is 0. The van der Waals surface area contributed by atoms with Gasteiger partial charge in [0.15, 0.2) is 0 Å². The minimum atomic E-state index is -0.425. The number of rotatable bonds is 3. The number of halogens is 1. The van der Waals surface area contributed by atoms with Crippen molar-refractivity contribution in [3.05, 3.63) is 53.6 Å². The van der Waals surface area contributed by atoms with E-state index in [1.165, 1.54) is 12.4 Å². The average molecular weight is 307 g/mol. The van der Waals surface area contributed by atoms with E-state index in [1.54, 1.807) is 19.2 Å². The maximum atomic E-state index is 13.5. The van der Waals surface area contributed by atoms with Crippen LogP contribution >= 0.6 is 0 Å². The Labute approximate surface area is 133 Å². The normalized spacial score (nSPS) is 10.3. The highest BCUT2D eigenvalue weighted by atomic mass is 19.1. The molecule has 3 aromatic rings. The van der Waals surface area contributed by atoms with Gasteiger partial charge in [-0.2, -0.15) is 0 Å². The van der Waals surface area contributed by atoms with Crippen molar-refractivity contribution in [3.8, 4) is 18.1 Å². The van der Waals surface area contributed by atoms with E-state index in [4.69, 9.17) is 11.2 Å². The van der Waals surface area contributed by atoms with E-state index in [1.807, 2.05) is 19.1 Å². The lowest BCUT2D eigenvalue weighted by Crippen LogP contribution is -1.98. The molecule has 0 bridgehead atoms. The number of hydrogen-bond donors (Lipinski definition) is 1. The molecule has 0 spiro atoms. The van der Waals surface area contributed by atoms with Crippen LogP contribution in [0.3, 0.4) is 0 Å². The molecule has 114 valence electrons. The van der Waals surface area contributed by atoms with E-state index in [0.717, 1.165) is 22.2 Å². The molecule has 0 saturated heterocycles. The Bertz CT molecular complexity index is 931. The monoisotopic (exact) mass is 307 g/mol. The van der Waals surface area contributed by atoms with E-state index in [2.05, 4.69) is 21.2 Å². The number of methoxy groups -OCH3 is 1. The summed E-state index contributed by atoms with van der Waals surface area (Å²) in [5.41, 5.74) is 2.59. The molecule has 0 saturated carbocycles. The van der Waals surface area contributed by atoms with Crippen molar-refractivity contribution in [3.63, 3.8) is 0 Å². The van der Waals surface area contributed by atoms with Gasteiger partial charge in [-0.05, 0) is 36.8 Å². The Balaban J connectivity index is 2.07. The zero-order chi connectivity index (χ0) is 16.4. The first-order valence-electron chi connectivity index (χ1n) is 6.95. The van der Waals surface area contributed by atoms with Gasteiger partial charge in [-0.15, -0.1) is 6.42 Å². The van der Waals surface area contributed by atoms with Gasteiger partial charge in [0.25, 0.3) is 0 Å². The highest BCUT2D eigenvalue weighted by Crippen LogP contribution is 2.29. The second kappa shape index (κ2) is 5.93. The zero-order valence-electron chi connectivity index (χ0n) is 12.7. The van der Waals surface area contributed by atoms with Gasteiger partial charge in [0, 0.05) is 17.1 Å². The van der Waals surface area contributed by atoms with Crippen LogP contribution in [0.25, 0.3) is 10.9 Å². The number of aryl methyl sites for hydroxylation is 1. The number of benzene rings is 2. The summed E-state index contributed by atoms with van der Waals surface area (Å²) in [6.07, 6.45) is 6.76. The zero-order valence-corrected chi connectivity index (χ0v) is 12.7. The molecular formula is C18H14FN3O. The molecule has 3 rings (SSSR count). The van der Waals surface area contributed by atoms with Crippen LogP contribution in [0.4, 0.5) is 15.9 Å². The van der Waals surface area contributed by atoms with Gasteiger partial charge in [-0.1, -0.05) is 5.92 Å². The summed E-state index contributed by atoms with van der Waals surface area (Å²) in [6.45, 7) is 1.95. The molecule has 2 aromatic carbocycles. The number of fused-ring (bicyclic) bond motifs is 1. The number of terminal acetylenes is 1. The minimum Gasteiger partial charge on any atom is -0.496 e. The van der Waals surface area contributed by atoms with Gasteiger partial charge in [-0.3, -0.25) is 0 Å². The molecule has 0 fully saturated rings. The van der Waals surface area contributed by atoms with Gasteiger partial charge in [-0.25, -0.2) is 14.4 Å². The van der Waals surface area contributed by atoms with Crippen LogP contribution in [0.5, 0.6) is 5.75 Å². The Morgan fingerprint density at radius 1 is 1.22 bits per heavy atom. The number of aromatic nitrogens is 2. The molecule has 1 N–H and O–H groups in total. The van der Waals surface area contributed by atoms with E-state index in [0.29, 0.717) is 11.5 Å². The van der Waals surface area contributed by atoms with E-state index in [-0.39, 0.29) is 5.56 Å². The largest absolute Gasteiger partial charge is 0.496 e. The number of ether oxygens (including phenoxy) is 1. The number of anilines is 2. The van der Waals surface area contributed by atoms with E-state index < -0.39 is 5.82 Å². The number of hydrogen-bond acceptors (Lipinski definition) is 4. The molecule has 0 aliphatic rings. The Kier molecular flexibility index (Phi) is 3.82. The smallest absolute Gasteiger partial charge is 0.141 e. The summed E-state index contributed by atoms with van der Waals surface area (Å²) in [7, 11) is 1.62. The second-order valence-corrected chi connectivity index (χ2v) is 5.03. The third kappa shape index (κ3) is 2.79. The van der Waals surface area contributed by atoms with Gasteiger partial charge in [0.2, 0.25) is 0 Å². The van der Waals surface area contributed by atoms with Crippen LogP contribution in [0, 0.1) is 25.1 Å². The van der Waals surface area contributed by atoms with Crippen LogP contribution in [-0.2, 0) is 0 Å². The molecule has 1 aromatic heterocycles. The van der Waals surface area contributed by atoms with Crippen LogP contribution < -0.4 is 10.1 Å². The first kappa shape index (κ1) is 14.8. The lowest BCUT2D eigenvalue weighted by atomic mass is 10.1. The summed E-state index contributed by atoms with van der Waals surface area (Å²) in [6, 6.07) is 8.31. The molecule has 4 nitrogen and oxygen atoms in total. The third-order valence-electron chi connectivity index (χ3n) is 3.54. The molecule has 0 aliphatic heterocycles. The van der Waals surface area contributed by atoms with Crippen molar-refractivity contribution in [1.82, 2.24) is 9.97 Å². The number of nitrogens with one attached hydrogen (secondary N) is 1. The SMILES string of the molecule is C#Cc1cc(Nc2ncnc3cc(OC)c(C)cc23)ccc1F. The summed E-state index contributed by atoms with van der Waals surface area (Å²) in [4.78, 5) is 8.53. The van der Waals surface area contributed by atoms with Crippen molar-refractivity contribution in [2.75, 3.05) is 12.4 Å². The van der Waals surface area contributed by atoms with Crippen molar-refractivity contribution in [2.45, 2.75) is 6.92 Å². The highest BCUT2D eigenvalue weighted by molar-refractivity contribution is 5.92. The average Bonchev–Trinajstić information content (AvgIpc) is 2.56. The molecule has 0 unspecified atom stereocenters. The maximum absolute atomic E-state index is 13.5. The van der Waals surface area contributed by atoms with Gasteiger partial charge in [0.1, 0.15) is 23.7 Å². The van der Waals surface area contributed by atoms with Crippen molar-refractivity contribution >= 4 is 22.4 Å². The third-order valence-corrected chi connectivity index (χ3v) is 3.54. The van der Waals surface area contributed by atoms with Crippen LogP contribution in [0.15, 0.2) is 36.7 Å². The Hall–Kier alpha value is -3.13. The van der Waals surface area contributed by atoms with Crippen molar-refractivity contribution in [2.24, 2.45) is 0 Å². The Morgan fingerprint density at radius 3 is 2.78 bits per heavy atom. The van der Waals surface area contributed by atoms with Crippen LogP contribution in [0.1, 0.15) is 11.1 Å². The van der Waals surface area contributed by atoms with Gasteiger partial charge in [0.05, 0.1) is 18.2 Å². The minimum absolute atomic E-state index is 0.200. The maximum Gasteiger partial charge on any atom is 0.141 e. The predicted octanol–water partition coefficient (Wildman–Crippen LogP) is 3.81. The summed E-state index contributed by atoms with van der Waals surface area (Å²) < 4.78 is 18.8. The molecule has 1 heterocycles. The van der Waals surface area contributed by atoms with Crippen molar-refractivity contribution in [1.29, 1.82) is 0 Å². The fourth-order valence-corrected chi connectivity index (χ4v) is 2.36. The van der Waals surface area contributed by atoms with E-state index >= 15 is 0 Å². The fraction of sp³-hybridized carbons (Fsp3) is 0.111. The van der Waals surface area contributed by atoms with Gasteiger partial charge >= 0.3 is 0 Å². The first-order valence-corrected chi connectivity index (χ1v) is 6.95. The van der Waals surface area contributed by atoms with Crippen LogP contribution in [0.2, 0.25) is 0 Å². The second-order valence-electron chi connectivity index (χ2n) is 5.03. The predicted molar refractivity (Wildman–Crippen MR) is 88.4 cm³/mol. The first-order chi connectivity index (χ1) is 11.1. The summed E-state index contributed by atoms with van der Waals surface area (Å²) in [5, 5.41) is 4.00. The molecule has 5 heteroatoms. The Morgan fingerprint density at radius 2 is 2.04 bits per heavy atom. The molecule has 23 heavy (non-hydrogen) atoms. The molecule has 0 radical (unpaired) electrons. The van der Waals surface area contributed by atoms with Crippen LogP contribution in [-0.4, -0.2) is 17.1 Å². The molecule has 0 atom stereocenters.